The minimum absolute atomic E-state index is 0.0241. The minimum atomic E-state index is -0.819. The van der Waals surface area contributed by atoms with Crippen molar-refractivity contribution in [1.29, 1.82) is 0 Å². The molecular weight excluding hydrogens is 745 g/mol. The van der Waals surface area contributed by atoms with Gasteiger partial charge in [0.25, 0.3) is 0 Å². The summed E-state index contributed by atoms with van der Waals surface area (Å²) < 4.78 is 0. The molecule has 0 fully saturated rings. The molecule has 0 aliphatic heterocycles. The van der Waals surface area contributed by atoms with Crippen molar-refractivity contribution in [2.75, 3.05) is 0 Å². The molecule has 0 heterocycles. The van der Waals surface area contributed by atoms with Crippen LogP contribution in [0.25, 0.3) is 54.2 Å². The molecule has 0 N–H and O–H groups in total. The summed E-state index contributed by atoms with van der Waals surface area (Å²) in [7, 11) is 0. The maximum Gasteiger partial charge on any atom is 0.0609 e. The first-order valence-electron chi connectivity index (χ1n) is 21.9. The van der Waals surface area contributed by atoms with Crippen LogP contribution in [-0.2, 0) is 17.3 Å². The van der Waals surface area contributed by atoms with Gasteiger partial charge in [0.05, 0.1) is 5.41 Å². The van der Waals surface area contributed by atoms with E-state index in [1.807, 2.05) is 0 Å². The van der Waals surface area contributed by atoms with Gasteiger partial charge in [0, 0.05) is 11.3 Å². The Kier molecular flexibility index (Phi) is 8.54. The maximum atomic E-state index is 2.48. The first-order chi connectivity index (χ1) is 30.8. The van der Waals surface area contributed by atoms with Crippen molar-refractivity contribution in [2.24, 2.45) is 0 Å². The maximum absolute atomic E-state index is 2.48. The van der Waals surface area contributed by atoms with Crippen molar-refractivity contribution < 1.29 is 0 Å². The molecule has 62 heavy (non-hydrogen) atoms. The summed E-state index contributed by atoms with van der Waals surface area (Å²) in [5.41, 5.74) is 10.2. The second kappa shape index (κ2) is 14.6. The van der Waals surface area contributed by atoms with Crippen LogP contribution in [0.3, 0.4) is 0 Å². The third kappa shape index (κ3) is 5.26. The highest BCUT2D eigenvalue weighted by Crippen LogP contribution is 2.69. The Bertz CT molecular complexity index is 3440. The highest BCUT2D eigenvalue weighted by atomic mass is 14.6. The number of rotatable bonds is 6. The van der Waals surface area contributed by atoms with Crippen LogP contribution in [-0.4, -0.2) is 0 Å². The van der Waals surface area contributed by atoms with E-state index in [2.05, 4.69) is 249 Å². The molecule has 3 unspecified atom stereocenters. The third-order valence-electron chi connectivity index (χ3n) is 14.2. The summed E-state index contributed by atoms with van der Waals surface area (Å²) in [6, 6.07) is 94.7. The largest absolute Gasteiger partial charge is 0.0622 e. The van der Waals surface area contributed by atoms with Gasteiger partial charge >= 0.3 is 0 Å². The summed E-state index contributed by atoms with van der Waals surface area (Å²) in [5.74, 6) is -0.0241. The SMILES string of the molecule is c1ccc(-c2ccccc2C2(c3cccc4ccccc34)C(c3ccccc3)Cc3ccccc3C2(c2cccc3ccccc23)c2cccc3cc4ccccc4cc23)cc1. The molecule has 0 radical (unpaired) electrons. The molecule has 11 aromatic carbocycles. The lowest BCUT2D eigenvalue weighted by Gasteiger charge is -2.61. The normalized spacial score (nSPS) is 18.5. The Morgan fingerprint density at radius 3 is 1.48 bits per heavy atom. The van der Waals surface area contributed by atoms with Gasteiger partial charge in [-0.25, -0.2) is 0 Å². The highest BCUT2D eigenvalue weighted by molar-refractivity contribution is 6.03. The molecule has 0 saturated carbocycles. The molecule has 1 aliphatic carbocycles. The van der Waals surface area contributed by atoms with Crippen molar-refractivity contribution in [1.82, 2.24) is 0 Å². The fraction of sp³-hybridized carbons (Fsp3) is 0.0645. The Morgan fingerprint density at radius 1 is 0.306 bits per heavy atom. The van der Waals surface area contributed by atoms with Crippen LogP contribution in [0.5, 0.6) is 0 Å². The van der Waals surface area contributed by atoms with Gasteiger partial charge in [0.15, 0.2) is 0 Å². The first-order valence-corrected chi connectivity index (χ1v) is 21.9. The summed E-state index contributed by atoms with van der Waals surface area (Å²) in [6.45, 7) is 0. The predicted octanol–water partition coefficient (Wildman–Crippen LogP) is 15.6. The Balaban J connectivity index is 1.43. The fourth-order valence-electron chi connectivity index (χ4n) is 11.9. The molecule has 0 bridgehead atoms. The van der Waals surface area contributed by atoms with Gasteiger partial charge in [-0.2, -0.15) is 0 Å². The molecule has 0 heteroatoms. The summed E-state index contributed by atoms with van der Waals surface area (Å²) >= 11 is 0. The van der Waals surface area contributed by atoms with Crippen molar-refractivity contribution in [2.45, 2.75) is 23.2 Å². The van der Waals surface area contributed by atoms with Crippen molar-refractivity contribution in [3.63, 3.8) is 0 Å². The van der Waals surface area contributed by atoms with Crippen molar-refractivity contribution in [3.8, 4) is 11.1 Å². The molecule has 0 aromatic heterocycles. The van der Waals surface area contributed by atoms with Gasteiger partial charge < -0.3 is 0 Å². The smallest absolute Gasteiger partial charge is 0.0609 e. The number of fused-ring (bicyclic) bond motifs is 5. The van der Waals surface area contributed by atoms with E-state index in [0.29, 0.717) is 0 Å². The predicted molar refractivity (Wildman–Crippen MR) is 261 cm³/mol. The van der Waals surface area contributed by atoms with Crippen LogP contribution in [0.1, 0.15) is 44.9 Å². The molecular formula is C62H44. The van der Waals surface area contributed by atoms with Crippen molar-refractivity contribution >= 4 is 43.1 Å². The van der Waals surface area contributed by atoms with Crippen LogP contribution in [0.4, 0.5) is 0 Å². The van der Waals surface area contributed by atoms with E-state index < -0.39 is 10.8 Å². The molecule has 0 spiro atoms. The molecule has 12 rings (SSSR count). The second-order valence-corrected chi connectivity index (χ2v) is 17.1. The Hall–Kier alpha value is -7.54. The lowest BCUT2D eigenvalue weighted by atomic mass is 9.40. The van der Waals surface area contributed by atoms with Crippen LogP contribution in [0.15, 0.2) is 249 Å². The van der Waals surface area contributed by atoms with E-state index in [9.17, 15) is 0 Å². The zero-order chi connectivity index (χ0) is 41.1. The standard InChI is InChI=1S/C62H44/c1-3-20-43(21-4-1)51-34-14-16-36-56(51)62(58-38-18-30-45-23-10-13-33-53(45)58)60(46-24-5-2-6-25-46)42-50-28-11-15-35-55(50)61(62,57-37-17-29-44-22-9-12-32-52(44)57)59-39-19-31-49-40-47-26-7-8-27-48(47)41-54(49)59/h1-41,60H,42H2. The molecule has 292 valence electrons. The molecule has 3 atom stereocenters. The lowest BCUT2D eigenvalue weighted by Crippen LogP contribution is -2.59. The monoisotopic (exact) mass is 788 g/mol. The van der Waals surface area contributed by atoms with Gasteiger partial charge in [-0.3, -0.25) is 0 Å². The number of benzene rings is 11. The summed E-state index contributed by atoms with van der Waals surface area (Å²) in [5, 5.41) is 10.0. The molecule has 0 nitrogen and oxygen atoms in total. The first kappa shape index (κ1) is 36.3. The lowest BCUT2D eigenvalue weighted by molar-refractivity contribution is 0.275. The number of hydrogen-bond donors (Lipinski definition) is 0. The molecule has 11 aromatic rings. The third-order valence-corrected chi connectivity index (χ3v) is 14.2. The van der Waals surface area contributed by atoms with Gasteiger partial charge in [-0.1, -0.05) is 237 Å². The van der Waals surface area contributed by atoms with E-state index in [0.717, 1.165) is 6.42 Å². The Labute approximate surface area is 363 Å². The summed E-state index contributed by atoms with van der Waals surface area (Å²) in [4.78, 5) is 0. The summed E-state index contributed by atoms with van der Waals surface area (Å²) in [6.07, 6.45) is 0.854. The fourth-order valence-corrected chi connectivity index (χ4v) is 11.9. The molecule has 1 aliphatic rings. The molecule has 0 saturated heterocycles. The van der Waals surface area contributed by atoms with Gasteiger partial charge in [-0.15, -0.1) is 0 Å². The van der Waals surface area contributed by atoms with E-state index in [1.165, 1.54) is 93.2 Å². The zero-order valence-corrected chi connectivity index (χ0v) is 34.5. The van der Waals surface area contributed by atoms with E-state index in [-0.39, 0.29) is 5.92 Å². The van der Waals surface area contributed by atoms with Crippen molar-refractivity contribution in [3.05, 3.63) is 288 Å². The van der Waals surface area contributed by atoms with E-state index in [4.69, 9.17) is 0 Å². The average molecular weight is 789 g/mol. The van der Waals surface area contributed by atoms with Gasteiger partial charge in [0.1, 0.15) is 0 Å². The second-order valence-electron chi connectivity index (χ2n) is 17.1. The molecule has 0 amide bonds. The van der Waals surface area contributed by atoms with Gasteiger partial charge in [-0.05, 0) is 112 Å². The van der Waals surface area contributed by atoms with Crippen LogP contribution in [0, 0.1) is 0 Å². The van der Waals surface area contributed by atoms with E-state index >= 15 is 0 Å². The van der Waals surface area contributed by atoms with Gasteiger partial charge in [0.2, 0.25) is 0 Å². The van der Waals surface area contributed by atoms with Crippen LogP contribution < -0.4 is 0 Å². The zero-order valence-electron chi connectivity index (χ0n) is 34.5. The highest BCUT2D eigenvalue weighted by Gasteiger charge is 2.65. The average Bonchev–Trinajstić information content (AvgIpc) is 3.35. The van der Waals surface area contributed by atoms with E-state index in [1.54, 1.807) is 0 Å². The number of hydrogen-bond acceptors (Lipinski definition) is 0. The topological polar surface area (TPSA) is 0 Å². The quantitative estimate of drug-likeness (QED) is 0.147. The van der Waals surface area contributed by atoms with Crippen LogP contribution in [0.2, 0.25) is 0 Å². The Morgan fingerprint density at radius 2 is 0.774 bits per heavy atom. The van der Waals surface area contributed by atoms with Crippen LogP contribution >= 0.6 is 0 Å². The minimum Gasteiger partial charge on any atom is -0.0622 e.